The van der Waals surface area contributed by atoms with Crippen LogP contribution in [0.15, 0.2) is 57.2 Å². The molecular weight excluding hydrogens is 314 g/mol. The van der Waals surface area contributed by atoms with E-state index in [1.165, 1.54) is 18.0 Å². The van der Waals surface area contributed by atoms with E-state index in [0.717, 1.165) is 15.4 Å². The monoisotopic (exact) mass is 327 g/mol. The zero-order valence-corrected chi connectivity index (χ0v) is 13.2. The van der Waals surface area contributed by atoms with Crippen molar-refractivity contribution >= 4 is 33.2 Å². The second-order valence-corrected chi connectivity index (χ2v) is 7.87. The number of halogens is 1. The van der Waals surface area contributed by atoms with Crippen LogP contribution in [-0.4, -0.2) is 14.7 Å². The minimum atomic E-state index is -3.16. The molecule has 0 bridgehead atoms. The molecule has 0 amide bonds. The molecule has 0 radical (unpaired) electrons. The number of hydrogen-bond donors (Lipinski definition) is 1. The highest BCUT2D eigenvalue weighted by Crippen LogP contribution is 2.32. The van der Waals surface area contributed by atoms with Gasteiger partial charge in [-0.2, -0.15) is 0 Å². The fourth-order valence-electron chi connectivity index (χ4n) is 1.69. The maximum atomic E-state index is 11.4. The van der Waals surface area contributed by atoms with Crippen molar-refractivity contribution in [1.82, 2.24) is 0 Å². The van der Waals surface area contributed by atoms with E-state index >= 15 is 0 Å². The lowest BCUT2D eigenvalue weighted by molar-refractivity contribution is 0.602. The van der Waals surface area contributed by atoms with Crippen LogP contribution in [0.4, 0.5) is 0 Å². The lowest BCUT2D eigenvalue weighted by Gasteiger charge is -2.08. The van der Waals surface area contributed by atoms with Gasteiger partial charge in [-0.3, -0.25) is 0 Å². The number of hydrogen-bond acceptors (Lipinski definition) is 4. The van der Waals surface area contributed by atoms with Gasteiger partial charge >= 0.3 is 0 Å². The smallest absolute Gasteiger partial charge is 0.175 e. The highest BCUT2D eigenvalue weighted by atomic mass is 35.5. The van der Waals surface area contributed by atoms with Crippen molar-refractivity contribution in [3.63, 3.8) is 0 Å². The van der Waals surface area contributed by atoms with Gasteiger partial charge in [-0.15, -0.1) is 0 Å². The molecule has 0 saturated carbocycles. The Labute approximate surface area is 128 Å². The standard InChI is InChI=1S/C14H14ClNO2S2/c1-20(17,18)13-5-3-12(4-6-13)19-14-7-2-11(15)8-10(14)9-16/h2-8H,9,16H2,1H3. The van der Waals surface area contributed by atoms with Crippen LogP contribution in [0.3, 0.4) is 0 Å². The van der Waals surface area contributed by atoms with Crippen molar-refractivity contribution in [2.75, 3.05) is 6.26 Å². The van der Waals surface area contributed by atoms with E-state index in [0.29, 0.717) is 16.5 Å². The number of nitrogens with two attached hydrogens (primary N) is 1. The van der Waals surface area contributed by atoms with Gasteiger partial charge in [-0.1, -0.05) is 23.4 Å². The summed E-state index contributed by atoms with van der Waals surface area (Å²) in [6.45, 7) is 0.407. The van der Waals surface area contributed by atoms with Gasteiger partial charge in [-0.05, 0) is 48.0 Å². The molecule has 2 aromatic rings. The van der Waals surface area contributed by atoms with Crippen LogP contribution in [0.5, 0.6) is 0 Å². The van der Waals surface area contributed by atoms with E-state index in [1.54, 1.807) is 24.3 Å². The number of rotatable bonds is 4. The predicted molar refractivity (Wildman–Crippen MR) is 83.0 cm³/mol. The summed E-state index contributed by atoms with van der Waals surface area (Å²) in [6.07, 6.45) is 1.20. The normalized spacial score (nSPS) is 11.6. The third kappa shape index (κ3) is 3.76. The zero-order valence-electron chi connectivity index (χ0n) is 10.8. The lowest BCUT2D eigenvalue weighted by Crippen LogP contribution is -1.98. The molecule has 0 aliphatic heterocycles. The summed E-state index contributed by atoms with van der Waals surface area (Å²) in [7, 11) is -3.16. The molecular formula is C14H14ClNO2S2. The van der Waals surface area contributed by atoms with E-state index in [2.05, 4.69) is 0 Å². The Balaban J connectivity index is 2.27. The van der Waals surface area contributed by atoms with Crippen molar-refractivity contribution < 1.29 is 8.42 Å². The average Bonchev–Trinajstić information content (AvgIpc) is 2.40. The fraction of sp³-hybridized carbons (Fsp3) is 0.143. The van der Waals surface area contributed by atoms with Gasteiger partial charge in [0.15, 0.2) is 9.84 Å². The first-order valence-corrected chi connectivity index (χ1v) is 8.95. The molecule has 0 fully saturated rings. The maximum Gasteiger partial charge on any atom is 0.175 e. The van der Waals surface area contributed by atoms with E-state index in [-0.39, 0.29) is 0 Å². The van der Waals surface area contributed by atoms with Crippen molar-refractivity contribution in [2.45, 2.75) is 21.2 Å². The van der Waals surface area contributed by atoms with Gasteiger partial charge in [0.1, 0.15) is 0 Å². The summed E-state index contributed by atoms with van der Waals surface area (Å²) in [6, 6.07) is 12.4. The van der Waals surface area contributed by atoms with E-state index in [9.17, 15) is 8.42 Å². The minimum Gasteiger partial charge on any atom is -0.326 e. The van der Waals surface area contributed by atoms with Gasteiger partial charge in [0.2, 0.25) is 0 Å². The SMILES string of the molecule is CS(=O)(=O)c1ccc(Sc2ccc(Cl)cc2CN)cc1. The molecule has 0 aromatic heterocycles. The van der Waals surface area contributed by atoms with Crippen LogP contribution in [0.2, 0.25) is 5.02 Å². The topological polar surface area (TPSA) is 60.2 Å². The van der Waals surface area contributed by atoms with Crippen molar-refractivity contribution in [3.05, 3.63) is 53.1 Å². The molecule has 0 atom stereocenters. The first-order chi connectivity index (χ1) is 9.40. The summed E-state index contributed by atoms with van der Waals surface area (Å²) in [5.41, 5.74) is 6.67. The molecule has 106 valence electrons. The first-order valence-electron chi connectivity index (χ1n) is 5.86. The molecule has 0 aliphatic rings. The molecule has 0 saturated heterocycles. The van der Waals surface area contributed by atoms with Gasteiger partial charge in [-0.25, -0.2) is 8.42 Å². The third-order valence-electron chi connectivity index (χ3n) is 2.72. The van der Waals surface area contributed by atoms with E-state index in [4.69, 9.17) is 17.3 Å². The van der Waals surface area contributed by atoms with Crippen LogP contribution in [0, 0.1) is 0 Å². The Bertz CT molecular complexity index is 712. The van der Waals surface area contributed by atoms with E-state index in [1.807, 2.05) is 18.2 Å². The first kappa shape index (κ1) is 15.4. The lowest BCUT2D eigenvalue weighted by atomic mass is 10.2. The van der Waals surface area contributed by atoms with Gasteiger partial charge in [0.05, 0.1) is 4.90 Å². The number of sulfone groups is 1. The second-order valence-electron chi connectivity index (χ2n) is 4.30. The second kappa shape index (κ2) is 6.18. The van der Waals surface area contributed by atoms with Crippen LogP contribution in [0.1, 0.15) is 5.56 Å². The summed E-state index contributed by atoms with van der Waals surface area (Å²) in [5, 5.41) is 0.655. The molecule has 2 rings (SSSR count). The summed E-state index contributed by atoms with van der Waals surface area (Å²) >= 11 is 7.47. The average molecular weight is 328 g/mol. The van der Waals surface area contributed by atoms with Gasteiger partial charge in [0, 0.05) is 27.6 Å². The molecule has 0 unspecified atom stereocenters. The molecule has 20 heavy (non-hydrogen) atoms. The third-order valence-corrected chi connectivity index (χ3v) is 5.21. The Morgan fingerprint density at radius 2 is 1.80 bits per heavy atom. The van der Waals surface area contributed by atoms with Crippen molar-refractivity contribution in [1.29, 1.82) is 0 Å². The minimum absolute atomic E-state index is 0.317. The predicted octanol–water partition coefficient (Wildman–Crippen LogP) is 3.35. The summed E-state index contributed by atoms with van der Waals surface area (Å²) in [5.74, 6) is 0. The Hall–Kier alpha value is -1.01. The maximum absolute atomic E-state index is 11.4. The Kier molecular flexibility index (Phi) is 4.75. The molecule has 0 heterocycles. The molecule has 3 nitrogen and oxygen atoms in total. The van der Waals surface area contributed by atoms with Crippen LogP contribution >= 0.6 is 23.4 Å². The molecule has 6 heteroatoms. The van der Waals surface area contributed by atoms with Crippen LogP contribution in [-0.2, 0) is 16.4 Å². The van der Waals surface area contributed by atoms with E-state index < -0.39 is 9.84 Å². The molecule has 2 aromatic carbocycles. The van der Waals surface area contributed by atoms with Crippen LogP contribution < -0.4 is 5.73 Å². The quantitative estimate of drug-likeness (QED) is 0.935. The summed E-state index contributed by atoms with van der Waals surface area (Å²) in [4.78, 5) is 2.29. The van der Waals surface area contributed by atoms with Crippen LogP contribution in [0.25, 0.3) is 0 Å². The largest absolute Gasteiger partial charge is 0.326 e. The summed E-state index contributed by atoms with van der Waals surface area (Å²) < 4.78 is 22.8. The van der Waals surface area contributed by atoms with Crippen molar-refractivity contribution in [3.8, 4) is 0 Å². The van der Waals surface area contributed by atoms with Gasteiger partial charge < -0.3 is 5.73 Å². The zero-order chi connectivity index (χ0) is 14.8. The molecule has 0 aliphatic carbocycles. The number of benzene rings is 2. The fourth-order valence-corrected chi connectivity index (χ4v) is 3.45. The Morgan fingerprint density at radius 3 is 2.35 bits per heavy atom. The van der Waals surface area contributed by atoms with Crippen molar-refractivity contribution in [2.24, 2.45) is 5.73 Å². The van der Waals surface area contributed by atoms with Gasteiger partial charge in [0.25, 0.3) is 0 Å². The molecule has 2 N–H and O–H groups in total. The highest BCUT2D eigenvalue weighted by molar-refractivity contribution is 7.99. The highest BCUT2D eigenvalue weighted by Gasteiger charge is 2.08. The Morgan fingerprint density at radius 1 is 1.15 bits per heavy atom. The molecule has 0 spiro atoms.